The molecule has 0 saturated carbocycles. The molecule has 2 fully saturated rings. The van der Waals surface area contributed by atoms with Crippen molar-refractivity contribution in [2.75, 3.05) is 13.2 Å². The fourth-order valence-electron chi connectivity index (χ4n) is 4.15. The summed E-state index contributed by atoms with van der Waals surface area (Å²) in [6, 6.07) is 11.2. The Hall–Kier alpha value is -2.73. The first-order valence-electron chi connectivity index (χ1n) is 9.64. The number of piperidine rings is 1. The lowest BCUT2D eigenvalue weighted by Gasteiger charge is -2.47. The molecule has 146 valence electrons. The standard InChI is InChI=1S/C22H24N2O4/c1-15-7-18(11-23-10-15)21(25)17-8-19-13-27-14-20(9-17)24(19)22(26)28-12-16-5-3-2-4-6-16/h2-7,10-11,17,19-20H,8-9,12-14H2,1H3. The van der Waals surface area contributed by atoms with E-state index in [1.165, 1.54) is 0 Å². The third-order valence-electron chi connectivity index (χ3n) is 5.47. The zero-order valence-corrected chi connectivity index (χ0v) is 15.9. The minimum Gasteiger partial charge on any atom is -0.445 e. The van der Waals surface area contributed by atoms with Crippen LogP contribution in [0.25, 0.3) is 0 Å². The summed E-state index contributed by atoms with van der Waals surface area (Å²) in [5.74, 6) is -0.0222. The molecule has 6 nitrogen and oxygen atoms in total. The maximum atomic E-state index is 13.0. The van der Waals surface area contributed by atoms with Gasteiger partial charge in [-0.2, -0.15) is 0 Å². The summed E-state index contributed by atoms with van der Waals surface area (Å²) in [6.45, 7) is 3.05. The SMILES string of the molecule is Cc1cncc(C(=O)C2CC3COCC(C2)N3C(=O)OCc2ccccc2)c1. The molecule has 2 aromatic rings. The molecule has 0 N–H and O–H groups in total. The van der Waals surface area contributed by atoms with Crippen LogP contribution in [0.2, 0.25) is 0 Å². The van der Waals surface area contributed by atoms with Crippen molar-refractivity contribution < 1.29 is 19.1 Å². The molecule has 1 amide bonds. The second-order valence-corrected chi connectivity index (χ2v) is 7.58. The van der Waals surface area contributed by atoms with Gasteiger partial charge in [0.2, 0.25) is 0 Å². The summed E-state index contributed by atoms with van der Waals surface area (Å²) in [7, 11) is 0. The van der Waals surface area contributed by atoms with Crippen molar-refractivity contribution in [2.24, 2.45) is 5.92 Å². The van der Waals surface area contributed by atoms with Crippen molar-refractivity contribution in [2.45, 2.75) is 38.5 Å². The molecule has 6 heteroatoms. The number of pyridine rings is 1. The van der Waals surface area contributed by atoms with Crippen LogP contribution in [0.4, 0.5) is 4.79 Å². The Morgan fingerprint density at radius 1 is 1.14 bits per heavy atom. The van der Waals surface area contributed by atoms with Crippen LogP contribution in [0.5, 0.6) is 0 Å². The largest absolute Gasteiger partial charge is 0.445 e. The molecule has 2 unspecified atom stereocenters. The topological polar surface area (TPSA) is 68.7 Å². The summed E-state index contributed by atoms with van der Waals surface area (Å²) < 4.78 is 11.2. The quantitative estimate of drug-likeness (QED) is 0.761. The van der Waals surface area contributed by atoms with Crippen LogP contribution in [0.15, 0.2) is 48.8 Å². The number of nitrogens with zero attached hydrogens (tertiary/aromatic N) is 2. The molecule has 3 heterocycles. The zero-order valence-electron chi connectivity index (χ0n) is 15.9. The molecular formula is C22H24N2O4. The predicted molar refractivity (Wildman–Crippen MR) is 103 cm³/mol. The van der Waals surface area contributed by atoms with Gasteiger partial charge in [0.05, 0.1) is 25.3 Å². The molecule has 2 bridgehead atoms. The minimum atomic E-state index is -0.328. The van der Waals surface area contributed by atoms with Gasteiger partial charge in [0.15, 0.2) is 5.78 Å². The Morgan fingerprint density at radius 3 is 2.54 bits per heavy atom. The maximum absolute atomic E-state index is 13.0. The van der Waals surface area contributed by atoms with Crippen molar-refractivity contribution >= 4 is 11.9 Å². The number of carbonyl (C=O) groups excluding carboxylic acids is 2. The van der Waals surface area contributed by atoms with Gasteiger partial charge >= 0.3 is 6.09 Å². The van der Waals surface area contributed by atoms with Crippen LogP contribution in [-0.4, -0.2) is 47.1 Å². The lowest BCUT2D eigenvalue weighted by molar-refractivity contribution is -0.0755. The number of aryl methyl sites for hydroxylation is 1. The fraction of sp³-hybridized carbons (Fsp3) is 0.409. The number of hydrogen-bond acceptors (Lipinski definition) is 5. The van der Waals surface area contributed by atoms with E-state index in [-0.39, 0.29) is 36.5 Å². The number of amides is 1. The number of hydrogen-bond donors (Lipinski definition) is 0. The summed E-state index contributed by atoms with van der Waals surface area (Å²) in [4.78, 5) is 31.6. The first-order valence-corrected chi connectivity index (χ1v) is 9.64. The van der Waals surface area contributed by atoms with Gasteiger partial charge in [0.1, 0.15) is 6.61 Å². The summed E-state index contributed by atoms with van der Waals surface area (Å²) in [6.07, 6.45) is 4.21. The predicted octanol–water partition coefficient (Wildman–Crippen LogP) is 3.39. The highest BCUT2D eigenvalue weighted by Crippen LogP contribution is 2.34. The fourth-order valence-corrected chi connectivity index (χ4v) is 4.15. The first kappa shape index (κ1) is 18.6. The van der Waals surface area contributed by atoms with Crippen molar-refractivity contribution in [1.82, 2.24) is 9.88 Å². The van der Waals surface area contributed by atoms with E-state index >= 15 is 0 Å². The van der Waals surface area contributed by atoms with Crippen molar-refractivity contribution in [3.05, 3.63) is 65.5 Å². The molecule has 0 spiro atoms. The van der Waals surface area contributed by atoms with E-state index < -0.39 is 0 Å². The van der Waals surface area contributed by atoms with Crippen LogP contribution < -0.4 is 0 Å². The third-order valence-corrected chi connectivity index (χ3v) is 5.47. The minimum absolute atomic E-state index is 0.102. The van der Waals surface area contributed by atoms with E-state index in [9.17, 15) is 9.59 Å². The molecule has 2 atom stereocenters. The second-order valence-electron chi connectivity index (χ2n) is 7.58. The summed E-state index contributed by atoms with van der Waals surface area (Å²) in [5.41, 5.74) is 2.56. The van der Waals surface area contributed by atoms with E-state index in [1.807, 2.05) is 43.3 Å². The molecule has 0 radical (unpaired) electrons. The highest BCUT2D eigenvalue weighted by molar-refractivity contribution is 5.98. The van der Waals surface area contributed by atoms with Crippen molar-refractivity contribution in [3.63, 3.8) is 0 Å². The number of aromatic nitrogens is 1. The molecule has 2 aliphatic heterocycles. The van der Waals surface area contributed by atoms with E-state index in [4.69, 9.17) is 9.47 Å². The lowest BCUT2D eigenvalue weighted by Crippen LogP contribution is -2.59. The van der Waals surface area contributed by atoms with E-state index in [0.29, 0.717) is 31.6 Å². The average Bonchev–Trinajstić information content (AvgIpc) is 2.71. The second kappa shape index (κ2) is 8.10. The highest BCUT2D eigenvalue weighted by Gasteiger charge is 2.44. The molecule has 2 saturated heterocycles. The number of fused-ring (bicyclic) bond motifs is 2. The van der Waals surface area contributed by atoms with Crippen LogP contribution in [0.3, 0.4) is 0 Å². The lowest BCUT2D eigenvalue weighted by atomic mass is 9.81. The molecule has 28 heavy (non-hydrogen) atoms. The average molecular weight is 380 g/mol. The molecule has 2 aliphatic rings. The number of ether oxygens (including phenoxy) is 2. The van der Waals surface area contributed by atoms with Gasteiger partial charge in [-0.1, -0.05) is 30.3 Å². The van der Waals surface area contributed by atoms with Gasteiger partial charge in [-0.05, 0) is 37.0 Å². The van der Waals surface area contributed by atoms with Gasteiger partial charge in [-0.25, -0.2) is 4.79 Å². The Labute approximate surface area is 164 Å². The smallest absolute Gasteiger partial charge is 0.410 e. The zero-order chi connectivity index (χ0) is 19.5. The van der Waals surface area contributed by atoms with Gasteiger partial charge in [-0.3, -0.25) is 14.7 Å². The monoisotopic (exact) mass is 380 g/mol. The van der Waals surface area contributed by atoms with Crippen LogP contribution >= 0.6 is 0 Å². The van der Waals surface area contributed by atoms with Crippen molar-refractivity contribution in [3.8, 4) is 0 Å². The normalized spacial score (nSPS) is 23.9. The number of benzene rings is 1. The van der Waals surface area contributed by atoms with Gasteiger partial charge in [0.25, 0.3) is 0 Å². The molecular weight excluding hydrogens is 356 g/mol. The first-order chi connectivity index (χ1) is 13.6. The van der Waals surface area contributed by atoms with Gasteiger partial charge < -0.3 is 9.47 Å². The molecule has 0 aliphatic carbocycles. The van der Waals surface area contributed by atoms with Gasteiger partial charge in [-0.15, -0.1) is 0 Å². The van der Waals surface area contributed by atoms with Crippen molar-refractivity contribution in [1.29, 1.82) is 0 Å². The summed E-state index contributed by atoms with van der Waals surface area (Å²) >= 11 is 0. The molecule has 4 rings (SSSR count). The Bertz CT molecular complexity index is 841. The van der Waals surface area contributed by atoms with E-state index in [0.717, 1.165) is 11.1 Å². The number of ketones is 1. The van der Waals surface area contributed by atoms with E-state index in [2.05, 4.69) is 4.98 Å². The van der Waals surface area contributed by atoms with Crippen LogP contribution in [-0.2, 0) is 16.1 Å². The molecule has 1 aromatic carbocycles. The number of carbonyl (C=O) groups is 2. The van der Waals surface area contributed by atoms with Crippen LogP contribution in [0.1, 0.15) is 34.3 Å². The number of morpholine rings is 1. The summed E-state index contributed by atoms with van der Waals surface area (Å²) in [5, 5.41) is 0. The number of rotatable bonds is 4. The Kier molecular flexibility index (Phi) is 5.39. The maximum Gasteiger partial charge on any atom is 0.410 e. The molecule has 1 aromatic heterocycles. The van der Waals surface area contributed by atoms with E-state index in [1.54, 1.807) is 17.3 Å². The Morgan fingerprint density at radius 2 is 1.86 bits per heavy atom. The van der Waals surface area contributed by atoms with Gasteiger partial charge in [0, 0.05) is 23.9 Å². The third kappa shape index (κ3) is 3.92. The highest BCUT2D eigenvalue weighted by atomic mass is 16.6. The van der Waals surface area contributed by atoms with Crippen LogP contribution in [0, 0.1) is 12.8 Å². The Balaban J connectivity index is 1.43. The number of Topliss-reactive ketones (excluding diaryl/α,β-unsaturated/α-hetero) is 1.